The molecule has 9 heteroatoms. The Morgan fingerprint density at radius 3 is 2.26 bits per heavy atom. The second-order valence-corrected chi connectivity index (χ2v) is 6.94. The van der Waals surface area contributed by atoms with E-state index in [9.17, 15) is 26.0 Å². The Bertz CT molecular complexity index is 837. The van der Waals surface area contributed by atoms with Crippen molar-refractivity contribution in [1.29, 1.82) is 0 Å². The van der Waals surface area contributed by atoms with Crippen molar-refractivity contribution in [3.8, 4) is 0 Å². The Labute approximate surface area is 135 Å². The van der Waals surface area contributed by atoms with E-state index in [1.807, 2.05) is 0 Å². The monoisotopic (exact) mass is 367 g/mol. The van der Waals surface area contributed by atoms with Gasteiger partial charge in [0.05, 0.1) is 21.2 Å². The topological polar surface area (TPSA) is 37.4 Å². The van der Waals surface area contributed by atoms with Crippen molar-refractivity contribution in [1.82, 2.24) is 0 Å². The number of benzene rings is 2. The van der Waals surface area contributed by atoms with Crippen LogP contribution in [0.5, 0.6) is 0 Å². The smallest absolute Gasteiger partial charge is 0.266 e. The van der Waals surface area contributed by atoms with E-state index < -0.39 is 37.5 Å². The van der Waals surface area contributed by atoms with Crippen LogP contribution in [0.15, 0.2) is 47.4 Å². The van der Waals surface area contributed by atoms with E-state index >= 15 is 0 Å². The van der Waals surface area contributed by atoms with Crippen molar-refractivity contribution < 1.29 is 26.0 Å². The van der Waals surface area contributed by atoms with Gasteiger partial charge in [-0.3, -0.25) is 4.31 Å². The molecule has 0 saturated heterocycles. The van der Waals surface area contributed by atoms with Crippen LogP contribution in [0.2, 0.25) is 5.02 Å². The largest absolute Gasteiger partial charge is 0.417 e. The van der Waals surface area contributed by atoms with Gasteiger partial charge in [0.1, 0.15) is 5.82 Å². The third-order valence-corrected chi connectivity index (χ3v) is 5.19. The summed E-state index contributed by atoms with van der Waals surface area (Å²) >= 11 is 5.46. The average Bonchev–Trinajstić information content (AvgIpc) is 2.46. The molecule has 0 unspecified atom stereocenters. The van der Waals surface area contributed by atoms with Crippen LogP contribution >= 0.6 is 11.6 Å². The van der Waals surface area contributed by atoms with E-state index in [0.29, 0.717) is 10.4 Å². The van der Waals surface area contributed by atoms with Crippen LogP contribution in [0.3, 0.4) is 0 Å². The molecule has 2 aromatic rings. The normalized spacial score (nSPS) is 12.3. The third kappa shape index (κ3) is 3.42. The minimum atomic E-state index is -4.81. The first-order chi connectivity index (χ1) is 10.5. The standard InChI is InChI=1S/C14H10ClF4NO2S/c1-20(13-5-3-2-4-12(13)16)23(21,22)9-6-7-11(15)10(8-9)14(17,18)19/h2-8H,1H3. The summed E-state index contributed by atoms with van der Waals surface area (Å²) < 4.78 is 77.7. The number of hydrogen-bond donors (Lipinski definition) is 0. The van der Waals surface area contributed by atoms with Crippen molar-refractivity contribution >= 4 is 27.3 Å². The van der Waals surface area contributed by atoms with Crippen LogP contribution in [0.1, 0.15) is 5.56 Å². The summed E-state index contributed by atoms with van der Waals surface area (Å²) in [5.74, 6) is -0.816. The van der Waals surface area contributed by atoms with Gasteiger partial charge in [0.15, 0.2) is 0 Å². The van der Waals surface area contributed by atoms with Crippen LogP contribution in [-0.4, -0.2) is 15.5 Å². The van der Waals surface area contributed by atoms with Crippen molar-refractivity contribution in [3.63, 3.8) is 0 Å². The van der Waals surface area contributed by atoms with E-state index in [1.165, 1.54) is 18.2 Å². The van der Waals surface area contributed by atoms with E-state index in [2.05, 4.69) is 0 Å². The summed E-state index contributed by atoms with van der Waals surface area (Å²) in [5, 5.41) is -0.620. The molecule has 0 atom stereocenters. The minimum absolute atomic E-state index is 0.281. The molecule has 0 aromatic heterocycles. The molecule has 0 aliphatic carbocycles. The molecule has 23 heavy (non-hydrogen) atoms. The Balaban J connectivity index is 2.55. The lowest BCUT2D eigenvalue weighted by Crippen LogP contribution is -2.27. The van der Waals surface area contributed by atoms with Gasteiger partial charge >= 0.3 is 6.18 Å². The van der Waals surface area contributed by atoms with Gasteiger partial charge in [0.2, 0.25) is 0 Å². The molecule has 0 heterocycles. The fourth-order valence-electron chi connectivity index (χ4n) is 1.88. The average molecular weight is 368 g/mol. The number of alkyl halides is 3. The summed E-state index contributed by atoms with van der Waals surface area (Å²) in [6.07, 6.45) is -4.81. The molecular formula is C14H10ClF4NO2S. The first-order valence-corrected chi connectivity index (χ1v) is 7.97. The van der Waals surface area contributed by atoms with E-state index in [0.717, 1.165) is 25.2 Å². The van der Waals surface area contributed by atoms with Crippen molar-refractivity contribution in [2.75, 3.05) is 11.4 Å². The highest BCUT2D eigenvalue weighted by molar-refractivity contribution is 7.92. The second kappa shape index (κ2) is 6.01. The van der Waals surface area contributed by atoms with Gasteiger partial charge in [-0.2, -0.15) is 13.2 Å². The van der Waals surface area contributed by atoms with Gasteiger partial charge in [-0.05, 0) is 30.3 Å². The van der Waals surface area contributed by atoms with Crippen LogP contribution in [-0.2, 0) is 16.2 Å². The number of anilines is 1. The zero-order valence-corrected chi connectivity index (χ0v) is 13.2. The fraction of sp³-hybridized carbons (Fsp3) is 0.143. The fourth-order valence-corrected chi connectivity index (χ4v) is 3.33. The van der Waals surface area contributed by atoms with Crippen molar-refractivity contribution in [2.45, 2.75) is 11.1 Å². The molecule has 124 valence electrons. The zero-order valence-electron chi connectivity index (χ0n) is 11.6. The molecule has 3 nitrogen and oxygen atoms in total. The van der Waals surface area contributed by atoms with Gasteiger partial charge in [-0.15, -0.1) is 0 Å². The summed E-state index contributed by atoms with van der Waals surface area (Å²) in [6, 6.07) is 7.22. The number of rotatable bonds is 3. The first kappa shape index (κ1) is 17.6. The number of halogens is 5. The first-order valence-electron chi connectivity index (χ1n) is 6.15. The molecule has 0 saturated carbocycles. The lowest BCUT2D eigenvalue weighted by molar-refractivity contribution is -0.137. The molecule has 0 fully saturated rings. The SMILES string of the molecule is CN(c1ccccc1F)S(=O)(=O)c1ccc(Cl)c(C(F)(F)F)c1. The van der Waals surface area contributed by atoms with Crippen LogP contribution in [0, 0.1) is 5.82 Å². The van der Waals surface area contributed by atoms with E-state index in [-0.39, 0.29) is 5.69 Å². The number of sulfonamides is 1. The Hall–Kier alpha value is -1.80. The zero-order chi connectivity index (χ0) is 17.4. The predicted molar refractivity (Wildman–Crippen MR) is 78.4 cm³/mol. The number of hydrogen-bond acceptors (Lipinski definition) is 2. The van der Waals surface area contributed by atoms with E-state index in [1.54, 1.807) is 0 Å². The quantitative estimate of drug-likeness (QED) is 0.757. The van der Waals surface area contributed by atoms with Crippen molar-refractivity contribution in [2.24, 2.45) is 0 Å². The molecule has 0 aliphatic heterocycles. The number of nitrogens with zero attached hydrogens (tertiary/aromatic N) is 1. The predicted octanol–water partition coefficient (Wildman–Crippen LogP) is 4.32. The summed E-state index contributed by atoms with van der Waals surface area (Å²) in [6.45, 7) is 0. The molecule has 0 amide bonds. The second-order valence-electron chi connectivity index (χ2n) is 4.56. The Morgan fingerprint density at radius 2 is 1.70 bits per heavy atom. The maximum Gasteiger partial charge on any atom is 0.417 e. The lowest BCUT2D eigenvalue weighted by atomic mass is 10.2. The maximum absolute atomic E-state index is 13.7. The molecule has 0 aliphatic rings. The van der Waals surface area contributed by atoms with Crippen LogP contribution in [0.25, 0.3) is 0 Å². The molecule has 2 aromatic carbocycles. The highest BCUT2D eigenvalue weighted by Gasteiger charge is 2.35. The minimum Gasteiger partial charge on any atom is -0.266 e. The van der Waals surface area contributed by atoms with Crippen molar-refractivity contribution in [3.05, 3.63) is 58.9 Å². The van der Waals surface area contributed by atoms with Crippen LogP contribution < -0.4 is 4.31 Å². The highest BCUT2D eigenvalue weighted by Crippen LogP contribution is 2.36. The van der Waals surface area contributed by atoms with Gasteiger partial charge in [-0.1, -0.05) is 23.7 Å². The van der Waals surface area contributed by atoms with Gasteiger partial charge in [-0.25, -0.2) is 12.8 Å². The maximum atomic E-state index is 13.7. The Morgan fingerprint density at radius 1 is 1.09 bits per heavy atom. The molecule has 0 bridgehead atoms. The Kier molecular flexibility index (Phi) is 4.59. The van der Waals surface area contributed by atoms with E-state index in [4.69, 9.17) is 11.6 Å². The summed E-state index contributed by atoms with van der Waals surface area (Å²) in [7, 11) is -3.33. The third-order valence-electron chi connectivity index (χ3n) is 3.09. The summed E-state index contributed by atoms with van der Waals surface area (Å²) in [5.41, 5.74) is -1.56. The highest BCUT2D eigenvalue weighted by atomic mass is 35.5. The molecule has 0 radical (unpaired) electrons. The van der Waals surface area contributed by atoms with Crippen LogP contribution in [0.4, 0.5) is 23.2 Å². The molecule has 2 rings (SSSR count). The lowest BCUT2D eigenvalue weighted by Gasteiger charge is -2.21. The molecule has 0 N–H and O–H groups in total. The van der Waals surface area contributed by atoms with Gasteiger partial charge < -0.3 is 0 Å². The molecular weight excluding hydrogens is 358 g/mol. The number of para-hydroxylation sites is 1. The van der Waals surface area contributed by atoms with Gasteiger partial charge in [0.25, 0.3) is 10.0 Å². The van der Waals surface area contributed by atoms with Gasteiger partial charge in [0, 0.05) is 7.05 Å². The summed E-state index contributed by atoms with van der Waals surface area (Å²) in [4.78, 5) is -0.639. The molecule has 0 spiro atoms.